The topological polar surface area (TPSA) is 15.7 Å². The molecule has 0 spiro atoms. The fourth-order valence-corrected chi connectivity index (χ4v) is 4.88. The lowest BCUT2D eigenvalue weighted by molar-refractivity contribution is 0.224. The van der Waals surface area contributed by atoms with Crippen LogP contribution < -0.4 is 4.74 Å². The highest BCUT2D eigenvalue weighted by molar-refractivity contribution is 6.30. The maximum absolute atomic E-state index is 13.4. The van der Waals surface area contributed by atoms with Crippen molar-refractivity contribution in [3.05, 3.63) is 64.4 Å². The molecular weight excluding hydrogens is 386 g/mol. The first-order chi connectivity index (χ1) is 12.5. The number of methoxy groups -OCH3 is 1. The van der Waals surface area contributed by atoms with E-state index in [1.54, 1.807) is 13.2 Å². The average molecular weight is 411 g/mol. The van der Waals surface area contributed by atoms with E-state index in [1.165, 1.54) is 11.6 Å². The highest BCUT2D eigenvalue weighted by Gasteiger charge is 2.45. The van der Waals surface area contributed by atoms with Crippen molar-refractivity contribution in [2.45, 2.75) is 12.6 Å². The van der Waals surface area contributed by atoms with E-state index in [2.05, 4.69) is 29.0 Å². The SMILES string of the molecule is COc1ccc([C@H]2[C@@H]3CN(Cc4ccc(F)c(Cl)c4)C[C@@H]3CN2C)cc1.Cl. The monoisotopic (exact) mass is 410 g/mol. The van der Waals surface area contributed by atoms with Crippen molar-refractivity contribution in [1.82, 2.24) is 9.80 Å². The van der Waals surface area contributed by atoms with Gasteiger partial charge in [0.05, 0.1) is 12.1 Å². The highest BCUT2D eigenvalue weighted by atomic mass is 35.5. The lowest BCUT2D eigenvalue weighted by Gasteiger charge is -2.27. The largest absolute Gasteiger partial charge is 0.497 e. The van der Waals surface area contributed by atoms with Crippen molar-refractivity contribution in [3.8, 4) is 5.75 Å². The molecule has 2 aromatic rings. The standard InChI is InChI=1S/C21H24ClFN2O.ClH/c1-24-11-16-12-25(10-14-3-8-20(23)19(22)9-14)13-18(16)21(24)15-4-6-17(26-2)7-5-15;/h3-9,16,18,21H,10-13H2,1-2H3;1H/t16-,18+,21-;/m0./s1. The lowest BCUT2D eigenvalue weighted by atomic mass is 9.89. The minimum absolute atomic E-state index is 0. The molecule has 2 aromatic carbocycles. The van der Waals surface area contributed by atoms with E-state index >= 15 is 0 Å². The molecule has 6 heteroatoms. The molecule has 2 heterocycles. The van der Waals surface area contributed by atoms with Crippen LogP contribution >= 0.6 is 24.0 Å². The summed E-state index contributed by atoms with van der Waals surface area (Å²) in [6, 6.07) is 13.9. The van der Waals surface area contributed by atoms with Crippen molar-refractivity contribution in [2.24, 2.45) is 11.8 Å². The van der Waals surface area contributed by atoms with Gasteiger partial charge in [-0.1, -0.05) is 29.8 Å². The maximum atomic E-state index is 13.4. The van der Waals surface area contributed by atoms with Gasteiger partial charge in [-0.2, -0.15) is 0 Å². The normalized spacial score (nSPS) is 25.3. The maximum Gasteiger partial charge on any atom is 0.141 e. The molecule has 4 rings (SSSR count). The van der Waals surface area contributed by atoms with E-state index < -0.39 is 0 Å². The second-order valence-electron chi connectivity index (χ2n) is 7.52. The number of halogens is 3. The third-order valence-corrected chi connectivity index (χ3v) is 6.11. The summed E-state index contributed by atoms with van der Waals surface area (Å²) in [4.78, 5) is 4.95. The average Bonchev–Trinajstić information content (AvgIpc) is 3.14. The van der Waals surface area contributed by atoms with E-state index in [-0.39, 0.29) is 23.2 Å². The van der Waals surface area contributed by atoms with Gasteiger partial charge in [-0.05, 0) is 54.3 Å². The Bertz CT molecular complexity index is 786. The van der Waals surface area contributed by atoms with Crippen molar-refractivity contribution in [2.75, 3.05) is 33.8 Å². The van der Waals surface area contributed by atoms with Gasteiger partial charge >= 0.3 is 0 Å². The van der Waals surface area contributed by atoms with Crippen LogP contribution in [0.15, 0.2) is 42.5 Å². The van der Waals surface area contributed by atoms with Gasteiger partial charge < -0.3 is 4.74 Å². The zero-order valence-corrected chi connectivity index (χ0v) is 17.1. The van der Waals surface area contributed by atoms with Crippen molar-refractivity contribution >= 4 is 24.0 Å². The number of ether oxygens (including phenoxy) is 1. The summed E-state index contributed by atoms with van der Waals surface area (Å²) in [7, 11) is 3.92. The molecule has 0 aromatic heterocycles. The Balaban J connectivity index is 0.00000210. The molecule has 0 amide bonds. The smallest absolute Gasteiger partial charge is 0.141 e. The fourth-order valence-electron chi connectivity index (χ4n) is 4.68. The number of hydrogen-bond acceptors (Lipinski definition) is 3. The Hall–Kier alpha value is -1.33. The van der Waals surface area contributed by atoms with Crippen molar-refractivity contribution in [3.63, 3.8) is 0 Å². The Kier molecular flexibility index (Phi) is 6.32. The summed E-state index contributed by atoms with van der Waals surface area (Å²) >= 11 is 5.93. The molecule has 0 bridgehead atoms. The van der Waals surface area contributed by atoms with Crippen LogP contribution in [-0.2, 0) is 6.54 Å². The first kappa shape index (κ1) is 20.4. The Morgan fingerprint density at radius 1 is 1.11 bits per heavy atom. The molecule has 2 aliphatic rings. The molecule has 0 saturated carbocycles. The van der Waals surface area contributed by atoms with Gasteiger partial charge in [-0.15, -0.1) is 12.4 Å². The molecule has 27 heavy (non-hydrogen) atoms. The predicted octanol–water partition coefficient (Wildman–Crippen LogP) is 4.64. The second-order valence-corrected chi connectivity index (χ2v) is 7.93. The van der Waals surface area contributed by atoms with Gasteiger partial charge in [0.2, 0.25) is 0 Å². The highest BCUT2D eigenvalue weighted by Crippen LogP contribution is 2.44. The Labute approximate surface area is 171 Å². The van der Waals surface area contributed by atoms with E-state index in [4.69, 9.17) is 16.3 Å². The second kappa shape index (κ2) is 8.36. The minimum atomic E-state index is -0.352. The zero-order chi connectivity index (χ0) is 18.3. The van der Waals surface area contributed by atoms with E-state index in [1.807, 2.05) is 18.2 Å². The number of likely N-dealkylation sites (tertiary alicyclic amines) is 2. The van der Waals surface area contributed by atoms with E-state index in [0.29, 0.717) is 17.9 Å². The van der Waals surface area contributed by atoms with Crippen molar-refractivity contribution < 1.29 is 9.13 Å². The summed E-state index contributed by atoms with van der Waals surface area (Å²) in [5.74, 6) is 1.83. The minimum Gasteiger partial charge on any atom is -0.497 e. The summed E-state index contributed by atoms with van der Waals surface area (Å²) < 4.78 is 18.7. The molecule has 0 radical (unpaired) electrons. The van der Waals surface area contributed by atoms with Gasteiger partial charge in [0, 0.05) is 32.2 Å². The quantitative estimate of drug-likeness (QED) is 0.729. The molecule has 0 aliphatic carbocycles. The Morgan fingerprint density at radius 2 is 1.85 bits per heavy atom. The summed E-state index contributed by atoms with van der Waals surface area (Å²) in [5, 5.41) is 0.206. The zero-order valence-electron chi connectivity index (χ0n) is 15.6. The van der Waals surface area contributed by atoms with Crippen LogP contribution in [0.2, 0.25) is 5.02 Å². The van der Waals surface area contributed by atoms with Crippen LogP contribution in [0.1, 0.15) is 17.2 Å². The van der Waals surface area contributed by atoms with Gasteiger partial charge in [0.25, 0.3) is 0 Å². The number of hydrogen-bond donors (Lipinski definition) is 0. The molecule has 3 nitrogen and oxygen atoms in total. The fraction of sp³-hybridized carbons (Fsp3) is 0.429. The predicted molar refractivity (Wildman–Crippen MR) is 109 cm³/mol. The van der Waals surface area contributed by atoms with Crippen LogP contribution in [0.3, 0.4) is 0 Å². The third-order valence-electron chi connectivity index (χ3n) is 5.82. The summed E-state index contributed by atoms with van der Waals surface area (Å²) in [6.45, 7) is 4.07. The number of rotatable bonds is 4. The summed E-state index contributed by atoms with van der Waals surface area (Å²) in [5.41, 5.74) is 2.43. The molecule has 2 fully saturated rings. The molecule has 2 saturated heterocycles. The Morgan fingerprint density at radius 3 is 2.52 bits per heavy atom. The van der Waals surface area contributed by atoms with Gasteiger partial charge in [-0.25, -0.2) is 4.39 Å². The molecule has 146 valence electrons. The van der Waals surface area contributed by atoms with Crippen LogP contribution in [-0.4, -0.2) is 43.6 Å². The summed E-state index contributed by atoms with van der Waals surface area (Å²) in [6.07, 6.45) is 0. The molecular formula is C21H25Cl2FN2O. The van der Waals surface area contributed by atoms with Crippen LogP contribution in [0.5, 0.6) is 5.75 Å². The van der Waals surface area contributed by atoms with Gasteiger partial charge in [0.1, 0.15) is 11.6 Å². The van der Waals surface area contributed by atoms with Crippen LogP contribution in [0.25, 0.3) is 0 Å². The number of nitrogens with zero attached hydrogens (tertiary/aromatic N) is 2. The van der Waals surface area contributed by atoms with E-state index in [0.717, 1.165) is 37.5 Å². The van der Waals surface area contributed by atoms with Gasteiger partial charge in [0.15, 0.2) is 0 Å². The number of fused-ring (bicyclic) bond motifs is 1. The lowest BCUT2D eigenvalue weighted by Crippen LogP contribution is -2.28. The third kappa shape index (κ3) is 4.09. The van der Waals surface area contributed by atoms with Crippen molar-refractivity contribution in [1.29, 1.82) is 0 Å². The molecule has 3 atom stereocenters. The first-order valence-corrected chi connectivity index (χ1v) is 9.43. The molecule has 2 aliphatic heterocycles. The number of benzene rings is 2. The van der Waals surface area contributed by atoms with Gasteiger partial charge in [-0.3, -0.25) is 9.80 Å². The van der Waals surface area contributed by atoms with E-state index in [9.17, 15) is 4.39 Å². The van der Waals surface area contributed by atoms with Crippen LogP contribution in [0, 0.1) is 17.7 Å². The molecule has 0 unspecified atom stereocenters. The first-order valence-electron chi connectivity index (χ1n) is 9.05. The van der Waals surface area contributed by atoms with Crippen LogP contribution in [0.4, 0.5) is 4.39 Å². The molecule has 0 N–H and O–H groups in total.